The molecule has 30 heavy (non-hydrogen) atoms. The lowest BCUT2D eigenvalue weighted by atomic mass is 9.83. The summed E-state index contributed by atoms with van der Waals surface area (Å²) < 4.78 is 9.30. The second-order valence-corrected chi connectivity index (χ2v) is 8.95. The monoisotopic (exact) mass is 407 g/mol. The van der Waals surface area contributed by atoms with Crippen LogP contribution in [0, 0.1) is 5.92 Å². The number of piperidine rings is 1. The van der Waals surface area contributed by atoms with Crippen LogP contribution in [0.5, 0.6) is 0 Å². The molecule has 158 valence electrons. The fraction of sp³-hybridized carbons (Fsp3) is 0.478. The van der Waals surface area contributed by atoms with E-state index in [1.807, 2.05) is 38.6 Å². The molecule has 0 spiro atoms. The van der Waals surface area contributed by atoms with E-state index in [0.717, 1.165) is 49.7 Å². The van der Waals surface area contributed by atoms with E-state index in [2.05, 4.69) is 30.0 Å². The van der Waals surface area contributed by atoms with Crippen molar-refractivity contribution in [2.75, 3.05) is 20.1 Å². The number of aromatic nitrogens is 3. The number of imidazole rings is 1. The highest BCUT2D eigenvalue weighted by Crippen LogP contribution is 2.35. The first-order chi connectivity index (χ1) is 14.6. The molecule has 5 rings (SSSR count). The normalized spacial score (nSPS) is 21.2. The summed E-state index contributed by atoms with van der Waals surface area (Å²) in [4.78, 5) is 22.4. The van der Waals surface area contributed by atoms with E-state index < -0.39 is 0 Å². The summed E-state index contributed by atoms with van der Waals surface area (Å²) in [6.07, 6.45) is 8.48. The van der Waals surface area contributed by atoms with Crippen molar-refractivity contribution >= 4 is 0 Å². The van der Waals surface area contributed by atoms with Crippen molar-refractivity contribution in [3.63, 3.8) is 0 Å². The molecule has 0 aromatic carbocycles. The summed E-state index contributed by atoms with van der Waals surface area (Å²) in [7, 11) is 4.09. The first kappa shape index (κ1) is 19.3. The summed E-state index contributed by atoms with van der Waals surface area (Å²) >= 11 is 0. The molecule has 3 aromatic heterocycles. The Bertz CT molecular complexity index is 1070. The van der Waals surface area contributed by atoms with Gasteiger partial charge in [-0.25, -0.2) is 4.98 Å². The molecule has 0 radical (unpaired) electrons. The largest absolute Gasteiger partial charge is 0.472 e. The van der Waals surface area contributed by atoms with Gasteiger partial charge in [0.1, 0.15) is 5.82 Å². The Balaban J connectivity index is 1.32. The third-order valence-electron chi connectivity index (χ3n) is 6.52. The van der Waals surface area contributed by atoms with E-state index in [4.69, 9.17) is 4.42 Å². The predicted molar refractivity (Wildman–Crippen MR) is 114 cm³/mol. The van der Waals surface area contributed by atoms with Gasteiger partial charge in [0.15, 0.2) is 0 Å². The first-order valence-electron chi connectivity index (χ1n) is 10.7. The minimum Gasteiger partial charge on any atom is -0.472 e. The molecule has 0 N–H and O–H groups in total. The zero-order valence-electron chi connectivity index (χ0n) is 17.7. The standard InChI is InChI=1S/C23H29N5O2/c1-25(10-17-5-8-30-16-17)13-19-3-4-21-20-9-18(12-28(21)23(19)29)11-27(14-20)15-22-24-6-7-26(22)2/h3-8,16,18,20H,9-15H2,1-2H3/t18-,20+/m0/s1. The van der Waals surface area contributed by atoms with Gasteiger partial charge in [0.05, 0.1) is 19.1 Å². The topological polar surface area (TPSA) is 59.4 Å². The third kappa shape index (κ3) is 3.75. The number of pyridine rings is 1. The number of aryl methyl sites for hydroxylation is 1. The summed E-state index contributed by atoms with van der Waals surface area (Å²) in [6.45, 7) is 5.12. The van der Waals surface area contributed by atoms with Crippen LogP contribution in [0.15, 0.2) is 52.3 Å². The Morgan fingerprint density at radius 3 is 2.87 bits per heavy atom. The van der Waals surface area contributed by atoms with Gasteiger partial charge in [-0.2, -0.15) is 0 Å². The van der Waals surface area contributed by atoms with Crippen LogP contribution in [0.3, 0.4) is 0 Å². The number of hydrogen-bond donors (Lipinski definition) is 0. The van der Waals surface area contributed by atoms with E-state index in [0.29, 0.717) is 18.4 Å². The molecule has 0 amide bonds. The van der Waals surface area contributed by atoms with Crippen molar-refractivity contribution < 1.29 is 4.42 Å². The Morgan fingerprint density at radius 2 is 2.10 bits per heavy atom. The van der Waals surface area contributed by atoms with Crippen LogP contribution in [-0.4, -0.2) is 44.1 Å². The lowest BCUT2D eigenvalue weighted by Crippen LogP contribution is -2.47. The average Bonchev–Trinajstić information content (AvgIpc) is 3.36. The van der Waals surface area contributed by atoms with Crippen LogP contribution in [0.2, 0.25) is 0 Å². The lowest BCUT2D eigenvalue weighted by Gasteiger charge is -2.42. The van der Waals surface area contributed by atoms with Gasteiger partial charge in [-0.05, 0) is 31.5 Å². The van der Waals surface area contributed by atoms with Crippen molar-refractivity contribution in [2.45, 2.75) is 38.5 Å². The second-order valence-electron chi connectivity index (χ2n) is 8.95. The zero-order chi connectivity index (χ0) is 20.7. The molecule has 5 heterocycles. The van der Waals surface area contributed by atoms with Crippen LogP contribution < -0.4 is 5.56 Å². The van der Waals surface area contributed by atoms with Gasteiger partial charge in [0.25, 0.3) is 5.56 Å². The van der Waals surface area contributed by atoms with Crippen LogP contribution in [-0.2, 0) is 33.2 Å². The van der Waals surface area contributed by atoms with Crippen LogP contribution >= 0.6 is 0 Å². The maximum absolute atomic E-state index is 13.3. The molecule has 2 aliphatic rings. The number of likely N-dealkylation sites (tertiary alicyclic amines) is 1. The van der Waals surface area contributed by atoms with Crippen molar-refractivity contribution in [3.8, 4) is 0 Å². The lowest BCUT2D eigenvalue weighted by molar-refractivity contribution is 0.111. The quantitative estimate of drug-likeness (QED) is 0.628. The molecular formula is C23H29N5O2. The average molecular weight is 408 g/mol. The molecule has 1 saturated heterocycles. The SMILES string of the molecule is CN(Cc1ccoc1)Cc1ccc2n(c1=O)C[C@H]1C[C@@H]2CN(Cc2nccn2C)C1. The molecule has 7 heteroatoms. The van der Waals surface area contributed by atoms with Gasteiger partial charge >= 0.3 is 0 Å². The fourth-order valence-electron chi connectivity index (χ4n) is 5.13. The molecule has 3 aromatic rings. The Hall–Kier alpha value is -2.64. The van der Waals surface area contributed by atoms with E-state index >= 15 is 0 Å². The Morgan fingerprint density at radius 1 is 1.20 bits per heavy atom. The minimum atomic E-state index is 0.179. The van der Waals surface area contributed by atoms with E-state index in [-0.39, 0.29) is 5.56 Å². The van der Waals surface area contributed by atoms with Crippen LogP contribution in [0.1, 0.15) is 35.0 Å². The molecule has 2 bridgehead atoms. The molecule has 1 fully saturated rings. The summed E-state index contributed by atoms with van der Waals surface area (Å²) in [6, 6.07) is 6.19. The van der Waals surface area contributed by atoms with E-state index in [1.165, 1.54) is 12.1 Å². The number of rotatable bonds is 6. The molecule has 2 aliphatic heterocycles. The second kappa shape index (κ2) is 7.89. The maximum Gasteiger partial charge on any atom is 0.255 e. The van der Waals surface area contributed by atoms with Gasteiger partial charge in [-0.15, -0.1) is 0 Å². The summed E-state index contributed by atoms with van der Waals surface area (Å²) in [5.74, 6) is 2.04. The van der Waals surface area contributed by atoms with Gasteiger partial charge in [-0.3, -0.25) is 14.6 Å². The molecule has 0 aliphatic carbocycles. The molecule has 2 atom stereocenters. The van der Waals surface area contributed by atoms with Crippen molar-refractivity contribution in [1.82, 2.24) is 23.9 Å². The van der Waals surface area contributed by atoms with Crippen molar-refractivity contribution in [3.05, 3.63) is 76.1 Å². The Kier molecular flexibility index (Phi) is 5.08. The van der Waals surface area contributed by atoms with Gasteiger partial charge in [0, 0.05) is 74.9 Å². The summed E-state index contributed by atoms with van der Waals surface area (Å²) in [5.41, 5.74) is 3.37. The van der Waals surface area contributed by atoms with Crippen molar-refractivity contribution in [1.29, 1.82) is 0 Å². The highest BCUT2D eigenvalue weighted by atomic mass is 16.3. The van der Waals surface area contributed by atoms with Gasteiger partial charge in [-0.1, -0.05) is 6.07 Å². The molecular weight excluding hydrogens is 378 g/mol. The van der Waals surface area contributed by atoms with Gasteiger partial charge < -0.3 is 13.6 Å². The fourth-order valence-corrected chi connectivity index (χ4v) is 5.13. The predicted octanol–water partition coefficient (Wildman–Crippen LogP) is 2.43. The summed E-state index contributed by atoms with van der Waals surface area (Å²) in [5, 5.41) is 0. The van der Waals surface area contributed by atoms with Crippen molar-refractivity contribution in [2.24, 2.45) is 13.0 Å². The number of nitrogens with zero attached hydrogens (tertiary/aromatic N) is 5. The van der Waals surface area contributed by atoms with E-state index in [9.17, 15) is 4.79 Å². The highest BCUT2D eigenvalue weighted by molar-refractivity contribution is 5.22. The van der Waals surface area contributed by atoms with Gasteiger partial charge in [0.2, 0.25) is 0 Å². The molecule has 7 nitrogen and oxygen atoms in total. The maximum atomic E-state index is 13.3. The minimum absolute atomic E-state index is 0.179. The number of fused-ring (bicyclic) bond motifs is 4. The highest BCUT2D eigenvalue weighted by Gasteiger charge is 2.35. The number of hydrogen-bond acceptors (Lipinski definition) is 5. The molecule has 0 saturated carbocycles. The third-order valence-corrected chi connectivity index (χ3v) is 6.52. The smallest absolute Gasteiger partial charge is 0.255 e. The van der Waals surface area contributed by atoms with Crippen LogP contribution in [0.25, 0.3) is 0 Å². The first-order valence-corrected chi connectivity index (χ1v) is 10.7. The van der Waals surface area contributed by atoms with Crippen LogP contribution in [0.4, 0.5) is 0 Å². The Labute approximate surface area is 176 Å². The van der Waals surface area contributed by atoms with E-state index in [1.54, 1.807) is 12.5 Å². The molecule has 0 unspecified atom stereocenters. The number of furan rings is 1. The zero-order valence-corrected chi connectivity index (χ0v) is 17.7.